The summed E-state index contributed by atoms with van der Waals surface area (Å²) in [4.78, 5) is 27.5. The van der Waals surface area contributed by atoms with Crippen molar-refractivity contribution in [2.45, 2.75) is 38.5 Å². The molecule has 0 unspecified atom stereocenters. The first-order chi connectivity index (χ1) is 40.9. The molecule has 0 atom stereocenters. The Bertz CT molecular complexity index is 3690. The van der Waals surface area contributed by atoms with Gasteiger partial charge >= 0.3 is 11.9 Å². The van der Waals surface area contributed by atoms with Gasteiger partial charge in [-0.05, 0) is 238 Å². The highest BCUT2D eigenvalue weighted by Crippen LogP contribution is 2.43. The summed E-state index contributed by atoms with van der Waals surface area (Å²) in [5, 5.41) is 0. The number of ether oxygens (including phenoxy) is 12. The van der Waals surface area contributed by atoms with Crippen LogP contribution in [0.25, 0.3) is 0 Å². The first-order valence-corrected chi connectivity index (χ1v) is 26.9. The maximum atomic E-state index is 13.8. The summed E-state index contributed by atoms with van der Waals surface area (Å²) in [6.45, 7) is 0. The standard InChI is InChI=1S/C70H62O14/c1-73-57-29-45-23-47-31-59(75-3)63(79-7)35-51(47)27-55-39-67(65(81-9)37-53(55)25-49(45)33-61(57)77-5)83-69(71)43-19-15-41(16-20-43)13-11-12-14-42-17-21-44(22-18-42)70(72)84-68-40-56-28-52-36-64(80-8)60(76-4)32-48(52)24-46-30-58(74-2)62(78-6)34-50(46)26-54(56)38-66(68)82-10/h15-22,29-40H,23-28H2,1-10H3. The molecule has 0 N–H and O–H groups in total. The third-order valence-electron chi connectivity index (χ3n) is 15.2. The Hall–Kier alpha value is -10.2. The van der Waals surface area contributed by atoms with Crippen LogP contribution in [0.1, 0.15) is 98.6 Å². The van der Waals surface area contributed by atoms with Crippen molar-refractivity contribution < 1.29 is 66.4 Å². The molecular formula is C70H62O14. The predicted molar refractivity (Wildman–Crippen MR) is 318 cm³/mol. The Kier molecular flexibility index (Phi) is 17.2. The molecule has 8 aromatic rings. The van der Waals surface area contributed by atoms with Gasteiger partial charge in [0.25, 0.3) is 0 Å². The summed E-state index contributed by atoms with van der Waals surface area (Å²) in [7, 11) is 16.1. The molecule has 0 bridgehead atoms. The van der Waals surface area contributed by atoms with Crippen molar-refractivity contribution in [3.63, 3.8) is 0 Å². The quantitative estimate of drug-likeness (QED) is 0.0578. The minimum atomic E-state index is -0.566. The molecule has 426 valence electrons. The van der Waals surface area contributed by atoms with Crippen LogP contribution < -0.4 is 56.8 Å². The number of benzene rings is 8. The van der Waals surface area contributed by atoms with Crippen molar-refractivity contribution in [1.29, 1.82) is 0 Å². The highest BCUT2D eigenvalue weighted by atomic mass is 16.6. The average Bonchev–Trinajstić information content (AvgIpc) is 3.85. The van der Waals surface area contributed by atoms with Crippen LogP contribution in [0.4, 0.5) is 0 Å². The van der Waals surface area contributed by atoms with E-state index < -0.39 is 11.9 Å². The average molecular weight is 1130 g/mol. The van der Waals surface area contributed by atoms with Gasteiger partial charge in [0.15, 0.2) is 69.0 Å². The number of hydrogen-bond donors (Lipinski definition) is 0. The lowest BCUT2D eigenvalue weighted by atomic mass is 9.94. The second-order valence-electron chi connectivity index (χ2n) is 19.9. The minimum absolute atomic E-state index is 0.280. The predicted octanol–water partition coefficient (Wildman–Crippen LogP) is 11.8. The summed E-state index contributed by atoms with van der Waals surface area (Å²) in [5.74, 6) is 17.1. The molecular weight excluding hydrogens is 1060 g/mol. The zero-order valence-electron chi connectivity index (χ0n) is 48.5. The van der Waals surface area contributed by atoms with Crippen LogP contribution in [0.5, 0.6) is 69.0 Å². The Labute approximate surface area is 489 Å². The molecule has 14 nitrogen and oxygen atoms in total. The zero-order chi connectivity index (χ0) is 59.0. The summed E-state index contributed by atoms with van der Waals surface area (Å²) in [6, 6.07) is 37.2. The lowest BCUT2D eigenvalue weighted by molar-refractivity contribution is 0.0720. The van der Waals surface area contributed by atoms with Crippen LogP contribution in [0.2, 0.25) is 0 Å². The third kappa shape index (κ3) is 12.1. The molecule has 0 fully saturated rings. The fourth-order valence-corrected chi connectivity index (χ4v) is 10.7. The van der Waals surface area contributed by atoms with Crippen molar-refractivity contribution in [3.05, 3.63) is 210 Å². The van der Waals surface area contributed by atoms with Crippen LogP contribution >= 0.6 is 0 Å². The molecule has 0 aliphatic heterocycles. The second-order valence-corrected chi connectivity index (χ2v) is 19.9. The van der Waals surface area contributed by atoms with E-state index in [0.29, 0.717) is 118 Å². The van der Waals surface area contributed by atoms with E-state index in [1.54, 1.807) is 120 Å². The normalized spacial score (nSPS) is 11.8. The number of hydrogen-bond acceptors (Lipinski definition) is 14. The number of esters is 2. The molecule has 0 spiro atoms. The second kappa shape index (κ2) is 25.3. The van der Waals surface area contributed by atoms with Gasteiger partial charge in [-0.25, -0.2) is 9.59 Å². The summed E-state index contributed by atoms with van der Waals surface area (Å²) in [6.07, 6.45) is 3.35. The Morgan fingerprint density at radius 3 is 0.607 bits per heavy atom. The number of carbonyl (C=O) groups is 2. The molecule has 0 amide bonds. The van der Waals surface area contributed by atoms with Crippen molar-refractivity contribution >= 4 is 11.9 Å². The summed E-state index contributed by atoms with van der Waals surface area (Å²) in [5.41, 5.74) is 14.2. The smallest absolute Gasteiger partial charge is 0.343 e. The van der Waals surface area contributed by atoms with E-state index in [0.717, 1.165) is 66.8 Å². The van der Waals surface area contributed by atoms with Gasteiger partial charge in [0.2, 0.25) is 0 Å². The van der Waals surface area contributed by atoms with Crippen molar-refractivity contribution in [3.8, 4) is 92.7 Å². The monoisotopic (exact) mass is 1130 g/mol. The summed E-state index contributed by atoms with van der Waals surface area (Å²) >= 11 is 0. The maximum Gasteiger partial charge on any atom is 0.343 e. The van der Waals surface area contributed by atoms with Gasteiger partial charge in [-0.3, -0.25) is 0 Å². The van der Waals surface area contributed by atoms with Crippen LogP contribution in [0, 0.1) is 23.7 Å². The number of rotatable bonds is 14. The van der Waals surface area contributed by atoms with Gasteiger partial charge in [-0.1, -0.05) is 11.8 Å². The summed E-state index contributed by atoms with van der Waals surface area (Å²) < 4.78 is 69.6. The van der Waals surface area contributed by atoms with E-state index >= 15 is 0 Å². The molecule has 2 aliphatic rings. The highest BCUT2D eigenvalue weighted by Gasteiger charge is 2.26. The molecule has 0 saturated heterocycles. The molecule has 8 aromatic carbocycles. The van der Waals surface area contributed by atoms with Crippen LogP contribution in [-0.4, -0.2) is 83.0 Å². The van der Waals surface area contributed by atoms with E-state index in [4.69, 9.17) is 56.8 Å². The molecule has 0 aromatic heterocycles. The third-order valence-corrected chi connectivity index (χ3v) is 15.2. The van der Waals surface area contributed by atoms with E-state index in [-0.39, 0.29) is 11.5 Å². The SMILES string of the molecule is COc1cc2c(cc1OC)Cc1cc(OC)c(OC(=O)c3ccc(C#CC#Cc4ccc(C(=O)Oc5cc6c(cc5OC)Cc5cc(OC)c(OC)cc5Cc5cc(OC)c(OC)cc5C6)cc4)cc3)cc1Cc1cc(OC)c(OC)cc1C2. The topological polar surface area (TPSA) is 145 Å². The minimum Gasteiger partial charge on any atom is -0.493 e. The van der Waals surface area contributed by atoms with Gasteiger partial charge in [0.1, 0.15) is 0 Å². The van der Waals surface area contributed by atoms with Crippen molar-refractivity contribution in [1.82, 2.24) is 0 Å². The van der Waals surface area contributed by atoms with Gasteiger partial charge in [0.05, 0.1) is 82.2 Å². The van der Waals surface area contributed by atoms with Gasteiger partial charge in [0, 0.05) is 11.1 Å². The number of carbonyl (C=O) groups excluding carboxylic acids is 2. The fraction of sp³-hybridized carbons (Fsp3) is 0.229. The van der Waals surface area contributed by atoms with E-state index in [1.807, 2.05) is 72.8 Å². The highest BCUT2D eigenvalue weighted by molar-refractivity contribution is 5.92. The molecule has 14 heteroatoms. The van der Waals surface area contributed by atoms with Crippen LogP contribution in [0.15, 0.2) is 121 Å². The molecule has 10 rings (SSSR count). The molecule has 2 aliphatic carbocycles. The fourth-order valence-electron chi connectivity index (χ4n) is 10.7. The van der Waals surface area contributed by atoms with Gasteiger partial charge in [-0.2, -0.15) is 0 Å². The van der Waals surface area contributed by atoms with E-state index in [2.05, 4.69) is 23.7 Å². The molecule has 0 heterocycles. The number of fused-ring (bicyclic) bond motifs is 6. The maximum absolute atomic E-state index is 13.8. The van der Waals surface area contributed by atoms with Crippen LogP contribution in [0.3, 0.4) is 0 Å². The first-order valence-electron chi connectivity index (χ1n) is 26.9. The van der Waals surface area contributed by atoms with Crippen molar-refractivity contribution in [2.75, 3.05) is 71.1 Å². The lowest BCUT2D eigenvalue weighted by Crippen LogP contribution is -2.10. The Morgan fingerprint density at radius 1 is 0.262 bits per heavy atom. The largest absolute Gasteiger partial charge is 0.493 e. The first kappa shape index (κ1) is 57.1. The Balaban J connectivity index is 0.831. The zero-order valence-corrected chi connectivity index (χ0v) is 48.5. The van der Waals surface area contributed by atoms with E-state index in [1.165, 1.54) is 0 Å². The molecule has 0 radical (unpaired) electrons. The van der Waals surface area contributed by atoms with E-state index in [9.17, 15) is 9.59 Å². The van der Waals surface area contributed by atoms with Gasteiger partial charge < -0.3 is 56.8 Å². The van der Waals surface area contributed by atoms with Crippen LogP contribution in [-0.2, 0) is 38.5 Å². The lowest BCUT2D eigenvalue weighted by Gasteiger charge is -2.17. The van der Waals surface area contributed by atoms with Crippen molar-refractivity contribution in [2.24, 2.45) is 0 Å². The van der Waals surface area contributed by atoms with Gasteiger partial charge in [-0.15, -0.1) is 0 Å². The Morgan fingerprint density at radius 2 is 0.429 bits per heavy atom. The molecule has 0 saturated carbocycles. The number of methoxy groups -OCH3 is 10. The molecule has 84 heavy (non-hydrogen) atoms.